The number of hydrogen-bond donors (Lipinski definition) is 0. The second-order valence-corrected chi connectivity index (χ2v) is 8.83. The maximum absolute atomic E-state index is 2.36. The van der Waals surface area contributed by atoms with Crippen LogP contribution < -0.4 is 0 Å². The number of hydrogen-bond acceptors (Lipinski definition) is 1. The lowest BCUT2D eigenvalue weighted by atomic mass is 10.0. The minimum atomic E-state index is 0. The van der Waals surface area contributed by atoms with Crippen molar-refractivity contribution in [3.8, 4) is 0 Å². The minimum Gasteiger partial charge on any atom is -0.870 e. The predicted molar refractivity (Wildman–Crippen MR) is 123 cm³/mol. The predicted octanol–water partition coefficient (Wildman–Crippen LogP) is 8.34. The van der Waals surface area contributed by atoms with Gasteiger partial charge in [0.1, 0.15) is 0 Å². The van der Waals surface area contributed by atoms with Crippen LogP contribution >= 0.6 is 0 Å². The summed E-state index contributed by atoms with van der Waals surface area (Å²) in [5.74, 6) is 0. The quantitative estimate of drug-likeness (QED) is 0.144. The van der Waals surface area contributed by atoms with Crippen molar-refractivity contribution in [2.45, 2.75) is 137 Å². The lowest BCUT2D eigenvalue weighted by Gasteiger charge is -2.38. The lowest BCUT2D eigenvalue weighted by Crippen LogP contribution is -2.50. The highest BCUT2D eigenvalue weighted by molar-refractivity contribution is 4.51. The number of rotatable bonds is 21. The van der Waals surface area contributed by atoms with Crippen LogP contribution in [0.5, 0.6) is 0 Å². The summed E-state index contributed by atoms with van der Waals surface area (Å²) in [6, 6.07) is 0. The van der Waals surface area contributed by atoms with E-state index < -0.39 is 0 Å². The Morgan fingerprint density at radius 2 is 0.630 bits per heavy atom. The Morgan fingerprint density at radius 3 is 0.926 bits per heavy atom. The Hall–Kier alpha value is -0.0800. The summed E-state index contributed by atoms with van der Waals surface area (Å²) in [6.07, 6.45) is 24.6. The molecule has 0 amide bonds. The average Bonchev–Trinajstić information content (AvgIpc) is 2.63. The molecule has 0 aliphatic carbocycles. The molecule has 0 spiro atoms. The first-order valence-electron chi connectivity index (χ1n) is 12.6. The molecule has 2 nitrogen and oxygen atoms in total. The van der Waals surface area contributed by atoms with Gasteiger partial charge < -0.3 is 9.96 Å². The largest absolute Gasteiger partial charge is 0.870 e. The highest BCUT2D eigenvalue weighted by atomic mass is 16.0. The maximum atomic E-state index is 2.36. The van der Waals surface area contributed by atoms with Gasteiger partial charge in [0.2, 0.25) is 0 Å². The van der Waals surface area contributed by atoms with E-state index in [2.05, 4.69) is 27.7 Å². The van der Waals surface area contributed by atoms with E-state index in [0.717, 1.165) is 0 Å². The van der Waals surface area contributed by atoms with Crippen LogP contribution in [0.15, 0.2) is 0 Å². The molecule has 2 heteroatoms. The van der Waals surface area contributed by atoms with E-state index in [0.29, 0.717) is 0 Å². The Labute approximate surface area is 173 Å². The monoisotopic (exact) mass is 385 g/mol. The summed E-state index contributed by atoms with van der Waals surface area (Å²) in [5.41, 5.74) is 0. The van der Waals surface area contributed by atoms with Crippen molar-refractivity contribution in [1.82, 2.24) is 0 Å². The van der Waals surface area contributed by atoms with E-state index in [1.54, 1.807) is 0 Å². The zero-order chi connectivity index (χ0) is 19.3. The Bertz CT molecular complexity index is 250. The van der Waals surface area contributed by atoms with Crippen molar-refractivity contribution in [1.29, 1.82) is 0 Å². The molecule has 0 radical (unpaired) electrons. The first kappa shape index (κ1) is 29.1. The van der Waals surface area contributed by atoms with Gasteiger partial charge in [-0.05, 0) is 32.1 Å². The second kappa shape index (κ2) is 22.2. The molecule has 166 valence electrons. The molecule has 0 aliphatic heterocycles. The number of nitrogens with zero attached hydrogens (tertiary/aromatic N) is 1. The van der Waals surface area contributed by atoms with Crippen LogP contribution in [-0.4, -0.2) is 36.1 Å². The summed E-state index contributed by atoms with van der Waals surface area (Å²) in [5, 5.41) is 0. The molecule has 0 saturated carbocycles. The van der Waals surface area contributed by atoms with Crippen molar-refractivity contribution in [2.75, 3.05) is 26.2 Å². The summed E-state index contributed by atoms with van der Waals surface area (Å²) >= 11 is 0. The van der Waals surface area contributed by atoms with Gasteiger partial charge in [0.15, 0.2) is 0 Å². The Morgan fingerprint density at radius 1 is 0.333 bits per heavy atom. The Kier molecular flexibility index (Phi) is 24.0. The fourth-order valence-corrected chi connectivity index (χ4v) is 4.74. The van der Waals surface area contributed by atoms with Gasteiger partial charge in [-0.3, -0.25) is 0 Å². The van der Waals surface area contributed by atoms with Gasteiger partial charge in [-0.1, -0.05) is 105 Å². The summed E-state index contributed by atoms with van der Waals surface area (Å²) < 4.78 is 1.40. The molecule has 0 bridgehead atoms. The highest BCUT2D eigenvalue weighted by Crippen LogP contribution is 2.16. The third-order valence-corrected chi connectivity index (χ3v) is 6.08. The molecule has 0 aromatic heterocycles. The zero-order valence-corrected chi connectivity index (χ0v) is 19.7. The van der Waals surface area contributed by atoms with Gasteiger partial charge >= 0.3 is 0 Å². The molecule has 1 N–H and O–H groups in total. The number of unbranched alkanes of at least 4 members (excludes halogenated alkanes) is 13. The smallest absolute Gasteiger partial charge is 0.0786 e. The molecule has 0 rings (SSSR count). The molecule has 0 saturated heterocycles. The van der Waals surface area contributed by atoms with Crippen molar-refractivity contribution in [2.24, 2.45) is 0 Å². The fourth-order valence-electron chi connectivity index (χ4n) is 4.74. The maximum Gasteiger partial charge on any atom is 0.0786 e. The minimum absolute atomic E-state index is 0. The topological polar surface area (TPSA) is 30.0 Å². The van der Waals surface area contributed by atoms with Crippen molar-refractivity contribution < 1.29 is 9.96 Å². The van der Waals surface area contributed by atoms with Gasteiger partial charge in [0, 0.05) is 0 Å². The normalized spacial score (nSPS) is 11.6. The first-order valence-corrected chi connectivity index (χ1v) is 12.6. The Balaban J connectivity index is 0. The average molecular weight is 386 g/mol. The van der Waals surface area contributed by atoms with Crippen LogP contribution in [0, 0.1) is 0 Å². The van der Waals surface area contributed by atoms with E-state index in [9.17, 15) is 0 Å². The van der Waals surface area contributed by atoms with E-state index in [-0.39, 0.29) is 5.48 Å². The fraction of sp³-hybridized carbons (Fsp3) is 1.00. The lowest BCUT2D eigenvalue weighted by molar-refractivity contribution is -0.928. The molecule has 0 heterocycles. The van der Waals surface area contributed by atoms with Crippen LogP contribution in [0.25, 0.3) is 0 Å². The highest BCUT2D eigenvalue weighted by Gasteiger charge is 2.23. The van der Waals surface area contributed by atoms with Gasteiger partial charge in [-0.2, -0.15) is 0 Å². The molecule has 0 aromatic carbocycles. The molecule has 0 atom stereocenters. The molecule has 0 unspecified atom stereocenters. The first-order chi connectivity index (χ1) is 12.7. The van der Waals surface area contributed by atoms with Crippen LogP contribution in [0.3, 0.4) is 0 Å². The second-order valence-electron chi connectivity index (χ2n) is 8.83. The summed E-state index contributed by atoms with van der Waals surface area (Å²) in [7, 11) is 0. The third-order valence-electron chi connectivity index (χ3n) is 6.08. The molecular formula is C25H55NO. The van der Waals surface area contributed by atoms with Gasteiger partial charge in [0.25, 0.3) is 0 Å². The van der Waals surface area contributed by atoms with Crippen LogP contribution in [-0.2, 0) is 0 Å². The molecular weight excluding hydrogens is 330 g/mol. The van der Waals surface area contributed by atoms with Crippen molar-refractivity contribution in [3.63, 3.8) is 0 Å². The third kappa shape index (κ3) is 17.7. The van der Waals surface area contributed by atoms with E-state index in [1.165, 1.54) is 140 Å². The van der Waals surface area contributed by atoms with Crippen LogP contribution in [0.4, 0.5) is 0 Å². The van der Waals surface area contributed by atoms with Gasteiger partial charge in [-0.15, -0.1) is 0 Å². The van der Waals surface area contributed by atoms with Crippen LogP contribution in [0.1, 0.15) is 137 Å². The van der Waals surface area contributed by atoms with Crippen LogP contribution in [0.2, 0.25) is 0 Å². The van der Waals surface area contributed by atoms with Gasteiger partial charge in [0.05, 0.1) is 26.2 Å². The van der Waals surface area contributed by atoms with E-state index >= 15 is 0 Å². The molecule has 0 fully saturated rings. The summed E-state index contributed by atoms with van der Waals surface area (Å²) in [6.45, 7) is 15.0. The van der Waals surface area contributed by atoms with E-state index in [1.807, 2.05) is 0 Å². The zero-order valence-electron chi connectivity index (χ0n) is 19.7. The number of quaternary nitrogens is 1. The van der Waals surface area contributed by atoms with E-state index in [4.69, 9.17) is 0 Å². The van der Waals surface area contributed by atoms with Gasteiger partial charge in [-0.25, -0.2) is 0 Å². The van der Waals surface area contributed by atoms with Crippen molar-refractivity contribution in [3.05, 3.63) is 0 Å². The molecule has 0 aromatic rings. The standard InChI is InChI=1S/C25H54N.H2O/c1-5-9-10-11-12-13-14-15-16-17-18-19-20-21-25-26(22-6-2,23-7-3)24-8-4;/h5-25H2,1-4H3;1H2/q+1;/p-1. The summed E-state index contributed by atoms with van der Waals surface area (Å²) in [4.78, 5) is 0. The SMILES string of the molecule is CCCCCCCCCCCCCCCC[N+](CCC)(CCC)CCC.[OH-]. The molecule has 27 heavy (non-hydrogen) atoms. The molecule has 0 aliphatic rings. The van der Waals surface area contributed by atoms with Crippen molar-refractivity contribution >= 4 is 0 Å².